The van der Waals surface area contributed by atoms with Gasteiger partial charge in [0.1, 0.15) is 0 Å². The molecule has 1 heterocycles. The number of hydrogen-bond donors (Lipinski definition) is 1. The van der Waals surface area contributed by atoms with Crippen LogP contribution in [0.4, 0.5) is 0 Å². The Hall–Kier alpha value is -0.520. The molecular formula is C11H20N2. The van der Waals surface area contributed by atoms with Crippen molar-refractivity contribution < 1.29 is 0 Å². The van der Waals surface area contributed by atoms with Gasteiger partial charge >= 0.3 is 0 Å². The van der Waals surface area contributed by atoms with E-state index in [0.29, 0.717) is 6.04 Å². The molecule has 1 saturated heterocycles. The molecule has 0 aromatic carbocycles. The molecule has 74 valence electrons. The highest BCUT2D eigenvalue weighted by Gasteiger charge is 2.17. The zero-order chi connectivity index (χ0) is 9.52. The van der Waals surface area contributed by atoms with Crippen LogP contribution in [0.5, 0.6) is 0 Å². The summed E-state index contributed by atoms with van der Waals surface area (Å²) in [6.45, 7) is 6.39. The molecular weight excluding hydrogens is 160 g/mol. The van der Waals surface area contributed by atoms with Crippen LogP contribution in [0.1, 0.15) is 26.2 Å². The summed E-state index contributed by atoms with van der Waals surface area (Å²) in [7, 11) is 0. The monoisotopic (exact) mass is 180 g/mol. The van der Waals surface area contributed by atoms with E-state index >= 15 is 0 Å². The second-order valence-electron chi connectivity index (χ2n) is 3.60. The third kappa shape index (κ3) is 3.38. The second-order valence-corrected chi connectivity index (χ2v) is 3.60. The molecule has 0 radical (unpaired) electrons. The summed E-state index contributed by atoms with van der Waals surface area (Å²) < 4.78 is 0. The molecule has 0 aromatic rings. The van der Waals surface area contributed by atoms with Crippen molar-refractivity contribution in [3.05, 3.63) is 0 Å². The van der Waals surface area contributed by atoms with E-state index in [0.717, 1.165) is 19.6 Å². The lowest BCUT2D eigenvalue weighted by atomic mass is 10.1. The number of rotatable bonds is 3. The van der Waals surface area contributed by atoms with Gasteiger partial charge in [-0.2, -0.15) is 0 Å². The Balaban J connectivity index is 2.41. The summed E-state index contributed by atoms with van der Waals surface area (Å²) in [5.41, 5.74) is 0. The number of terminal acetylenes is 1. The van der Waals surface area contributed by atoms with E-state index in [-0.39, 0.29) is 0 Å². The lowest BCUT2D eigenvalue weighted by Crippen LogP contribution is -2.36. The van der Waals surface area contributed by atoms with Crippen molar-refractivity contribution in [1.82, 2.24) is 10.2 Å². The molecule has 1 atom stereocenters. The van der Waals surface area contributed by atoms with Crippen LogP contribution >= 0.6 is 0 Å². The smallest absolute Gasteiger partial charge is 0.0601 e. The number of nitrogens with zero attached hydrogens (tertiary/aromatic N) is 1. The highest BCUT2D eigenvalue weighted by Crippen LogP contribution is 2.12. The van der Waals surface area contributed by atoms with Crippen molar-refractivity contribution in [2.45, 2.75) is 32.2 Å². The first kappa shape index (κ1) is 10.6. The van der Waals surface area contributed by atoms with Crippen molar-refractivity contribution in [3.8, 4) is 12.3 Å². The predicted octanol–water partition coefficient (Wildman–Crippen LogP) is 1.08. The third-order valence-corrected chi connectivity index (χ3v) is 2.76. The van der Waals surface area contributed by atoms with Gasteiger partial charge in [-0.3, -0.25) is 4.90 Å². The summed E-state index contributed by atoms with van der Waals surface area (Å²) in [6, 6.07) is 0.705. The van der Waals surface area contributed by atoms with E-state index in [2.05, 4.69) is 23.1 Å². The molecule has 1 aliphatic rings. The van der Waals surface area contributed by atoms with Crippen LogP contribution in [0.25, 0.3) is 0 Å². The summed E-state index contributed by atoms with van der Waals surface area (Å²) in [5, 5.41) is 3.42. The Morgan fingerprint density at radius 3 is 3.00 bits per heavy atom. The van der Waals surface area contributed by atoms with Crippen LogP contribution in [0.2, 0.25) is 0 Å². The van der Waals surface area contributed by atoms with E-state index in [1.807, 2.05) is 0 Å². The average molecular weight is 180 g/mol. The van der Waals surface area contributed by atoms with Crippen LogP contribution in [0, 0.1) is 12.3 Å². The van der Waals surface area contributed by atoms with E-state index in [1.165, 1.54) is 25.8 Å². The number of nitrogens with one attached hydrogen (secondary N) is 1. The van der Waals surface area contributed by atoms with Gasteiger partial charge in [0.25, 0.3) is 0 Å². The lowest BCUT2D eigenvalue weighted by molar-refractivity contribution is 0.215. The summed E-state index contributed by atoms with van der Waals surface area (Å²) in [6.07, 6.45) is 9.17. The molecule has 0 aromatic heterocycles. The maximum absolute atomic E-state index is 5.34. The van der Waals surface area contributed by atoms with Crippen LogP contribution < -0.4 is 5.32 Å². The normalized spacial score (nSPS) is 23.9. The van der Waals surface area contributed by atoms with Crippen LogP contribution in [0.3, 0.4) is 0 Å². The Labute approximate surface area is 81.7 Å². The highest BCUT2D eigenvalue weighted by atomic mass is 15.1. The average Bonchev–Trinajstić information content (AvgIpc) is 2.42. The molecule has 1 N–H and O–H groups in total. The molecule has 1 rings (SSSR count). The van der Waals surface area contributed by atoms with E-state index < -0.39 is 0 Å². The molecule has 0 spiro atoms. The van der Waals surface area contributed by atoms with Gasteiger partial charge in [0.05, 0.1) is 6.54 Å². The van der Waals surface area contributed by atoms with Crippen LogP contribution in [-0.2, 0) is 0 Å². The highest BCUT2D eigenvalue weighted by molar-refractivity contribution is 4.90. The Kier molecular flexibility index (Phi) is 4.88. The summed E-state index contributed by atoms with van der Waals surface area (Å²) in [5.74, 6) is 2.74. The molecule has 1 fully saturated rings. The predicted molar refractivity (Wildman–Crippen MR) is 56.6 cm³/mol. The van der Waals surface area contributed by atoms with Crippen molar-refractivity contribution in [1.29, 1.82) is 0 Å². The molecule has 2 heteroatoms. The van der Waals surface area contributed by atoms with Gasteiger partial charge in [0.15, 0.2) is 0 Å². The second kappa shape index (κ2) is 6.01. The molecule has 0 bridgehead atoms. The molecule has 0 aliphatic carbocycles. The summed E-state index contributed by atoms with van der Waals surface area (Å²) in [4.78, 5) is 2.41. The van der Waals surface area contributed by atoms with Gasteiger partial charge in [-0.1, -0.05) is 12.8 Å². The molecule has 1 unspecified atom stereocenters. The maximum atomic E-state index is 5.34. The SMILES string of the molecule is C#CCN(CC)C1CCCNCC1. The van der Waals surface area contributed by atoms with Crippen molar-refractivity contribution in [2.24, 2.45) is 0 Å². The number of hydrogen-bond acceptors (Lipinski definition) is 2. The van der Waals surface area contributed by atoms with Gasteiger partial charge < -0.3 is 5.32 Å². The molecule has 13 heavy (non-hydrogen) atoms. The zero-order valence-electron chi connectivity index (χ0n) is 8.55. The minimum Gasteiger partial charge on any atom is -0.317 e. The lowest BCUT2D eigenvalue weighted by Gasteiger charge is -2.27. The van der Waals surface area contributed by atoms with Gasteiger partial charge in [0, 0.05) is 6.04 Å². The standard InChI is InChI=1S/C11H20N2/c1-3-10-13(4-2)11-6-5-8-12-9-7-11/h1,11-12H,4-10H2,2H3. The third-order valence-electron chi connectivity index (χ3n) is 2.76. The van der Waals surface area contributed by atoms with Crippen LogP contribution in [0.15, 0.2) is 0 Å². The minimum atomic E-state index is 0.705. The topological polar surface area (TPSA) is 15.3 Å². The molecule has 2 nitrogen and oxygen atoms in total. The van der Waals surface area contributed by atoms with E-state index in [4.69, 9.17) is 6.42 Å². The van der Waals surface area contributed by atoms with Crippen molar-refractivity contribution in [2.75, 3.05) is 26.2 Å². The van der Waals surface area contributed by atoms with Gasteiger partial charge in [-0.25, -0.2) is 0 Å². The Bertz CT molecular complexity index is 163. The molecule has 1 aliphatic heterocycles. The Morgan fingerprint density at radius 1 is 1.46 bits per heavy atom. The first-order chi connectivity index (χ1) is 6.38. The maximum Gasteiger partial charge on any atom is 0.0601 e. The molecule has 0 amide bonds. The fourth-order valence-electron chi connectivity index (χ4n) is 1.98. The largest absolute Gasteiger partial charge is 0.317 e. The van der Waals surface area contributed by atoms with E-state index in [1.54, 1.807) is 0 Å². The first-order valence-electron chi connectivity index (χ1n) is 5.26. The van der Waals surface area contributed by atoms with Gasteiger partial charge in [0.2, 0.25) is 0 Å². The van der Waals surface area contributed by atoms with E-state index in [9.17, 15) is 0 Å². The summed E-state index contributed by atoms with van der Waals surface area (Å²) >= 11 is 0. The quantitative estimate of drug-likeness (QED) is 0.654. The first-order valence-corrected chi connectivity index (χ1v) is 5.26. The Morgan fingerprint density at radius 2 is 2.31 bits per heavy atom. The van der Waals surface area contributed by atoms with Gasteiger partial charge in [-0.05, 0) is 38.9 Å². The van der Waals surface area contributed by atoms with Crippen LogP contribution in [-0.4, -0.2) is 37.1 Å². The fourth-order valence-corrected chi connectivity index (χ4v) is 1.98. The minimum absolute atomic E-state index is 0.705. The van der Waals surface area contributed by atoms with Crippen molar-refractivity contribution in [3.63, 3.8) is 0 Å². The van der Waals surface area contributed by atoms with Crippen molar-refractivity contribution >= 4 is 0 Å². The fraction of sp³-hybridized carbons (Fsp3) is 0.818. The molecule has 0 saturated carbocycles. The van der Waals surface area contributed by atoms with Gasteiger partial charge in [-0.15, -0.1) is 6.42 Å². The zero-order valence-corrected chi connectivity index (χ0v) is 8.55.